The molecule has 6 nitrogen and oxygen atoms in total. The van der Waals surface area contributed by atoms with Gasteiger partial charge in [0, 0.05) is 5.56 Å². The average molecular weight is 321 g/mol. The van der Waals surface area contributed by atoms with Gasteiger partial charge in [0.2, 0.25) is 0 Å². The number of carbonyl (C=O) groups is 1. The van der Waals surface area contributed by atoms with Crippen molar-refractivity contribution in [2.45, 2.75) is 6.92 Å². The summed E-state index contributed by atoms with van der Waals surface area (Å²) in [5, 5.41) is 13.4. The Hall–Kier alpha value is -2.60. The first-order valence-electron chi connectivity index (χ1n) is 6.32. The Morgan fingerprint density at radius 3 is 2.64 bits per heavy atom. The quantitative estimate of drug-likeness (QED) is 0.686. The van der Waals surface area contributed by atoms with E-state index in [1.165, 1.54) is 19.2 Å². The highest BCUT2D eigenvalue weighted by atomic mass is 35.5. The van der Waals surface area contributed by atoms with Crippen LogP contribution in [0.4, 0.5) is 11.4 Å². The summed E-state index contributed by atoms with van der Waals surface area (Å²) in [7, 11) is 1.36. The number of hydrogen-bond acceptors (Lipinski definition) is 4. The molecule has 1 N–H and O–H groups in total. The van der Waals surface area contributed by atoms with Gasteiger partial charge in [-0.05, 0) is 25.1 Å². The molecule has 1 amide bonds. The molecule has 2 rings (SSSR count). The van der Waals surface area contributed by atoms with Crippen LogP contribution in [0.1, 0.15) is 15.9 Å². The number of amides is 1. The Balaban J connectivity index is 2.35. The fourth-order valence-electron chi connectivity index (χ4n) is 1.93. The summed E-state index contributed by atoms with van der Waals surface area (Å²) in [6.07, 6.45) is 0. The molecule has 0 saturated heterocycles. The number of nitrogens with one attached hydrogen (secondary N) is 1. The molecule has 114 valence electrons. The third kappa shape index (κ3) is 3.35. The SMILES string of the molecule is COc1cc([N+](=O)[O-])c(Cl)cc1NC(=O)c1cccc(C)c1. The van der Waals surface area contributed by atoms with Crippen molar-refractivity contribution in [1.82, 2.24) is 0 Å². The van der Waals surface area contributed by atoms with Gasteiger partial charge in [-0.15, -0.1) is 0 Å². The number of ether oxygens (including phenoxy) is 1. The summed E-state index contributed by atoms with van der Waals surface area (Å²) in [5.41, 5.74) is 1.40. The first-order valence-corrected chi connectivity index (χ1v) is 6.70. The van der Waals surface area contributed by atoms with E-state index in [-0.39, 0.29) is 28.1 Å². The van der Waals surface area contributed by atoms with Crippen molar-refractivity contribution >= 4 is 28.9 Å². The molecule has 0 unspecified atom stereocenters. The van der Waals surface area contributed by atoms with Gasteiger partial charge in [-0.3, -0.25) is 14.9 Å². The second kappa shape index (κ2) is 6.44. The van der Waals surface area contributed by atoms with E-state index in [1.54, 1.807) is 18.2 Å². The maximum absolute atomic E-state index is 12.2. The topological polar surface area (TPSA) is 81.5 Å². The molecule has 22 heavy (non-hydrogen) atoms. The van der Waals surface area contributed by atoms with E-state index >= 15 is 0 Å². The van der Waals surface area contributed by atoms with Crippen molar-refractivity contribution in [3.05, 3.63) is 62.7 Å². The van der Waals surface area contributed by atoms with Gasteiger partial charge in [0.25, 0.3) is 11.6 Å². The maximum atomic E-state index is 12.2. The maximum Gasteiger partial charge on any atom is 0.291 e. The van der Waals surface area contributed by atoms with Crippen LogP contribution in [0.15, 0.2) is 36.4 Å². The Labute approximate surface area is 131 Å². The lowest BCUT2D eigenvalue weighted by Crippen LogP contribution is -2.13. The summed E-state index contributed by atoms with van der Waals surface area (Å²) in [5.74, 6) is -0.191. The number of nitro groups is 1. The molecule has 7 heteroatoms. The summed E-state index contributed by atoms with van der Waals surface area (Å²) in [4.78, 5) is 22.5. The summed E-state index contributed by atoms with van der Waals surface area (Å²) in [6.45, 7) is 1.88. The Bertz CT molecular complexity index is 746. The third-order valence-corrected chi connectivity index (χ3v) is 3.30. The van der Waals surface area contributed by atoms with Gasteiger partial charge in [0.15, 0.2) is 0 Å². The molecule has 0 fully saturated rings. The first-order chi connectivity index (χ1) is 10.4. The van der Waals surface area contributed by atoms with E-state index in [4.69, 9.17) is 16.3 Å². The van der Waals surface area contributed by atoms with Crippen molar-refractivity contribution in [2.75, 3.05) is 12.4 Å². The molecule has 0 bridgehead atoms. The lowest BCUT2D eigenvalue weighted by Gasteiger charge is -2.11. The molecule has 2 aromatic rings. The molecule has 0 spiro atoms. The molecular weight excluding hydrogens is 308 g/mol. The number of nitro benzene ring substituents is 1. The Kier molecular flexibility index (Phi) is 4.62. The van der Waals surface area contributed by atoms with Crippen molar-refractivity contribution in [3.63, 3.8) is 0 Å². The molecule has 0 atom stereocenters. The predicted molar refractivity (Wildman–Crippen MR) is 83.8 cm³/mol. The average Bonchev–Trinajstić information content (AvgIpc) is 2.47. The summed E-state index contributed by atoms with van der Waals surface area (Å²) < 4.78 is 5.07. The standard InChI is InChI=1S/C15H13ClN2O4/c1-9-4-3-5-10(6-9)15(19)17-12-7-11(16)13(18(20)21)8-14(12)22-2/h3-8H,1-2H3,(H,17,19). The number of benzene rings is 2. The van der Waals surface area contributed by atoms with Crippen LogP contribution >= 0.6 is 11.6 Å². The fraction of sp³-hybridized carbons (Fsp3) is 0.133. The van der Waals surface area contributed by atoms with Gasteiger partial charge < -0.3 is 10.1 Å². The molecule has 0 saturated carbocycles. The van der Waals surface area contributed by atoms with Gasteiger partial charge in [-0.25, -0.2) is 0 Å². The number of halogens is 1. The number of aryl methyl sites for hydroxylation is 1. The van der Waals surface area contributed by atoms with E-state index in [0.29, 0.717) is 5.56 Å². The largest absolute Gasteiger partial charge is 0.494 e. The number of carbonyl (C=O) groups excluding carboxylic acids is 1. The van der Waals surface area contributed by atoms with Gasteiger partial charge >= 0.3 is 0 Å². The highest BCUT2D eigenvalue weighted by Gasteiger charge is 2.19. The van der Waals surface area contributed by atoms with Gasteiger partial charge in [0.05, 0.1) is 23.8 Å². The van der Waals surface area contributed by atoms with Crippen LogP contribution in [0.2, 0.25) is 5.02 Å². The van der Waals surface area contributed by atoms with Crippen LogP contribution in [0.25, 0.3) is 0 Å². The van der Waals surface area contributed by atoms with Crippen molar-refractivity contribution in [3.8, 4) is 5.75 Å². The van der Waals surface area contributed by atoms with Gasteiger partial charge in [-0.2, -0.15) is 0 Å². The van der Waals surface area contributed by atoms with E-state index in [2.05, 4.69) is 5.32 Å². The molecule has 0 aromatic heterocycles. The monoisotopic (exact) mass is 320 g/mol. The third-order valence-electron chi connectivity index (χ3n) is 2.99. The number of rotatable bonds is 4. The second-order valence-electron chi connectivity index (χ2n) is 4.58. The van der Waals surface area contributed by atoms with E-state index in [0.717, 1.165) is 5.56 Å². The molecular formula is C15H13ClN2O4. The fourth-order valence-corrected chi connectivity index (χ4v) is 2.16. The summed E-state index contributed by atoms with van der Waals surface area (Å²) >= 11 is 5.86. The summed E-state index contributed by atoms with van der Waals surface area (Å²) in [6, 6.07) is 9.52. The zero-order valence-corrected chi connectivity index (χ0v) is 12.7. The van der Waals surface area contributed by atoms with E-state index in [1.807, 2.05) is 13.0 Å². The number of anilines is 1. The van der Waals surface area contributed by atoms with Gasteiger partial charge in [0.1, 0.15) is 10.8 Å². The lowest BCUT2D eigenvalue weighted by molar-refractivity contribution is -0.384. The van der Waals surface area contributed by atoms with Crippen LogP contribution in [0.5, 0.6) is 5.75 Å². The second-order valence-corrected chi connectivity index (χ2v) is 4.99. The number of nitrogens with zero attached hydrogens (tertiary/aromatic N) is 1. The Morgan fingerprint density at radius 2 is 2.05 bits per heavy atom. The van der Waals surface area contributed by atoms with Crippen molar-refractivity contribution < 1.29 is 14.5 Å². The van der Waals surface area contributed by atoms with Crippen LogP contribution < -0.4 is 10.1 Å². The normalized spacial score (nSPS) is 10.1. The molecule has 0 aliphatic rings. The zero-order chi connectivity index (χ0) is 16.3. The van der Waals surface area contributed by atoms with Crippen LogP contribution in [-0.4, -0.2) is 17.9 Å². The van der Waals surface area contributed by atoms with E-state index in [9.17, 15) is 14.9 Å². The highest BCUT2D eigenvalue weighted by Crippen LogP contribution is 2.35. The van der Waals surface area contributed by atoms with Crippen LogP contribution in [0.3, 0.4) is 0 Å². The minimum atomic E-state index is -0.614. The first kappa shape index (κ1) is 15.8. The van der Waals surface area contributed by atoms with Crippen LogP contribution in [-0.2, 0) is 0 Å². The van der Waals surface area contributed by atoms with Crippen molar-refractivity contribution in [1.29, 1.82) is 0 Å². The minimum absolute atomic E-state index is 0.0784. The lowest BCUT2D eigenvalue weighted by atomic mass is 10.1. The van der Waals surface area contributed by atoms with Crippen LogP contribution in [0, 0.1) is 17.0 Å². The number of hydrogen-bond donors (Lipinski definition) is 1. The van der Waals surface area contributed by atoms with E-state index < -0.39 is 4.92 Å². The molecule has 0 radical (unpaired) electrons. The Morgan fingerprint density at radius 1 is 1.32 bits per heavy atom. The predicted octanol–water partition coefficient (Wildman–Crippen LogP) is 3.82. The number of methoxy groups -OCH3 is 1. The minimum Gasteiger partial charge on any atom is -0.494 e. The smallest absolute Gasteiger partial charge is 0.291 e. The van der Waals surface area contributed by atoms with Gasteiger partial charge in [-0.1, -0.05) is 29.3 Å². The molecule has 0 aliphatic heterocycles. The molecule has 2 aromatic carbocycles. The highest BCUT2D eigenvalue weighted by molar-refractivity contribution is 6.33. The van der Waals surface area contributed by atoms with Crippen molar-refractivity contribution in [2.24, 2.45) is 0 Å². The zero-order valence-electron chi connectivity index (χ0n) is 11.9. The molecule has 0 aliphatic carbocycles. The molecule has 0 heterocycles.